The van der Waals surface area contributed by atoms with Crippen LogP contribution in [0.2, 0.25) is 0 Å². The maximum Gasteiger partial charge on any atom is 0.417 e. The highest BCUT2D eigenvalue weighted by Crippen LogP contribution is 2.51. The zero-order chi connectivity index (χ0) is 27.3. The first-order valence-corrected chi connectivity index (χ1v) is 12.9. The molecule has 8 heteroatoms. The summed E-state index contributed by atoms with van der Waals surface area (Å²) in [6.45, 7) is 3.27. The largest absolute Gasteiger partial charge is 0.417 e. The average Bonchev–Trinajstić information content (AvgIpc) is 2.84. The van der Waals surface area contributed by atoms with Crippen LogP contribution in [0.4, 0.5) is 18.0 Å². The number of aliphatic hydroxyl groups is 1. The molecule has 0 heterocycles. The van der Waals surface area contributed by atoms with Crippen LogP contribution in [0.5, 0.6) is 5.75 Å². The molecule has 1 aliphatic carbocycles. The molecule has 37 heavy (non-hydrogen) atoms. The normalized spacial score (nSPS) is 22.2. The molecule has 0 aliphatic heterocycles. The first-order chi connectivity index (χ1) is 17.4. The topological polar surface area (TPSA) is 53.0 Å². The number of alkyl halides is 3. The molecule has 1 N–H and O–H groups in total. The van der Waals surface area contributed by atoms with Crippen LogP contribution in [-0.4, -0.2) is 67.0 Å². The zero-order valence-corrected chi connectivity index (χ0v) is 22.3. The molecule has 0 unspecified atom stereocenters. The number of rotatable bonds is 9. The van der Waals surface area contributed by atoms with Gasteiger partial charge in [0.2, 0.25) is 0 Å². The second-order valence-corrected chi connectivity index (χ2v) is 10.6. The van der Waals surface area contributed by atoms with Gasteiger partial charge in [-0.3, -0.25) is 0 Å². The smallest absolute Gasteiger partial charge is 0.410 e. The van der Waals surface area contributed by atoms with E-state index in [9.17, 15) is 23.1 Å². The minimum atomic E-state index is -4.66. The molecule has 2 aromatic carbocycles. The molecule has 1 fully saturated rings. The first-order valence-electron chi connectivity index (χ1n) is 12.9. The molecular weight excluding hydrogens is 481 g/mol. The average molecular weight is 521 g/mol. The fourth-order valence-electron chi connectivity index (χ4n) is 5.20. The van der Waals surface area contributed by atoms with E-state index < -0.39 is 23.3 Å². The van der Waals surface area contributed by atoms with Gasteiger partial charge in [-0.05, 0) is 86.9 Å². The molecule has 1 aliphatic rings. The molecule has 3 rings (SSSR count). The van der Waals surface area contributed by atoms with Crippen LogP contribution >= 0.6 is 0 Å². The minimum absolute atomic E-state index is 0.209. The lowest BCUT2D eigenvalue weighted by atomic mass is 9.61. The number of aryl methyl sites for hydroxylation is 1. The summed E-state index contributed by atoms with van der Waals surface area (Å²) in [6.07, 6.45) is -3.27. The predicted molar refractivity (Wildman–Crippen MR) is 139 cm³/mol. The van der Waals surface area contributed by atoms with Gasteiger partial charge in [-0.1, -0.05) is 49.7 Å². The van der Waals surface area contributed by atoms with E-state index in [1.165, 1.54) is 4.90 Å². The maximum atomic E-state index is 13.6. The summed E-state index contributed by atoms with van der Waals surface area (Å²) in [7, 11) is 5.55. The molecule has 5 nitrogen and oxygen atoms in total. The Kier molecular flexibility index (Phi) is 9.29. The molecular formula is C29H39F3N2O3. The number of likely N-dealkylation sites (N-methyl/N-ethyl adjacent to an activating group) is 2. The first kappa shape index (κ1) is 29.0. The summed E-state index contributed by atoms with van der Waals surface area (Å²) >= 11 is 0. The molecule has 0 aromatic heterocycles. The third-order valence-electron chi connectivity index (χ3n) is 7.51. The van der Waals surface area contributed by atoms with Crippen molar-refractivity contribution in [2.24, 2.45) is 0 Å². The standard InChI is InChI=1S/C29H39F3N2O3/c1-5-9-23-20-24(37-26(35)34(4)19-18-33(2)3)12-13-25(23)27(21-22-10-7-6-8-11-22)14-16-28(36,17-15-27)29(30,31)32/h6-8,10-13,20,36H,5,9,14-19,21H2,1-4H3. The van der Waals surface area contributed by atoms with E-state index in [0.717, 1.165) is 23.1 Å². The molecule has 0 spiro atoms. The number of hydrogen-bond acceptors (Lipinski definition) is 4. The van der Waals surface area contributed by atoms with Crippen LogP contribution in [0.3, 0.4) is 0 Å². The van der Waals surface area contributed by atoms with Crippen LogP contribution in [0.15, 0.2) is 48.5 Å². The number of nitrogens with zero attached hydrogens (tertiary/aromatic N) is 2. The second-order valence-electron chi connectivity index (χ2n) is 10.6. The van der Waals surface area contributed by atoms with Crippen molar-refractivity contribution in [1.82, 2.24) is 9.80 Å². The van der Waals surface area contributed by atoms with E-state index in [1.807, 2.05) is 68.4 Å². The number of hydrogen-bond donors (Lipinski definition) is 1. The Balaban J connectivity index is 1.93. The van der Waals surface area contributed by atoms with Crippen molar-refractivity contribution in [3.05, 3.63) is 65.2 Å². The van der Waals surface area contributed by atoms with Crippen molar-refractivity contribution in [2.75, 3.05) is 34.2 Å². The van der Waals surface area contributed by atoms with Crippen molar-refractivity contribution < 1.29 is 27.8 Å². The van der Waals surface area contributed by atoms with Crippen molar-refractivity contribution in [3.8, 4) is 5.75 Å². The molecule has 0 bridgehead atoms. The second kappa shape index (κ2) is 11.9. The van der Waals surface area contributed by atoms with Gasteiger partial charge in [0.25, 0.3) is 0 Å². The van der Waals surface area contributed by atoms with Crippen LogP contribution in [0.25, 0.3) is 0 Å². The van der Waals surface area contributed by atoms with E-state index in [1.54, 1.807) is 13.1 Å². The lowest BCUT2D eigenvalue weighted by Crippen LogP contribution is -2.51. The third kappa shape index (κ3) is 7.05. The van der Waals surface area contributed by atoms with E-state index in [-0.39, 0.29) is 25.7 Å². The quantitative estimate of drug-likeness (QED) is 0.442. The van der Waals surface area contributed by atoms with Crippen LogP contribution in [0.1, 0.15) is 55.7 Å². The highest BCUT2D eigenvalue weighted by Gasteiger charge is 2.57. The highest BCUT2D eigenvalue weighted by atomic mass is 19.4. The van der Waals surface area contributed by atoms with Gasteiger partial charge in [-0.2, -0.15) is 13.2 Å². The molecule has 0 radical (unpaired) electrons. The zero-order valence-electron chi connectivity index (χ0n) is 22.3. The monoisotopic (exact) mass is 520 g/mol. The summed E-state index contributed by atoms with van der Waals surface area (Å²) < 4.78 is 46.6. The number of benzene rings is 2. The summed E-state index contributed by atoms with van der Waals surface area (Å²) in [5, 5.41) is 10.4. The van der Waals surface area contributed by atoms with Crippen molar-refractivity contribution in [2.45, 2.75) is 69.1 Å². The number of amides is 1. The van der Waals surface area contributed by atoms with Gasteiger partial charge in [-0.25, -0.2) is 4.79 Å². The van der Waals surface area contributed by atoms with Gasteiger partial charge < -0.3 is 19.6 Å². The predicted octanol–water partition coefficient (Wildman–Crippen LogP) is 5.98. The van der Waals surface area contributed by atoms with E-state index in [4.69, 9.17) is 4.74 Å². The minimum Gasteiger partial charge on any atom is -0.410 e. The Morgan fingerprint density at radius 2 is 1.65 bits per heavy atom. The Bertz CT molecular complexity index is 1030. The van der Waals surface area contributed by atoms with E-state index >= 15 is 0 Å². The molecule has 204 valence electrons. The van der Waals surface area contributed by atoms with E-state index in [0.29, 0.717) is 31.7 Å². The van der Waals surface area contributed by atoms with Gasteiger partial charge in [0.1, 0.15) is 5.75 Å². The summed E-state index contributed by atoms with van der Waals surface area (Å²) in [4.78, 5) is 16.1. The van der Waals surface area contributed by atoms with Crippen LogP contribution in [-0.2, 0) is 18.3 Å². The molecule has 1 saturated carbocycles. The summed E-state index contributed by atoms with van der Waals surface area (Å²) in [5.41, 5.74) is -0.236. The molecule has 2 aromatic rings. The number of ether oxygens (including phenoxy) is 1. The van der Waals surface area contributed by atoms with E-state index in [2.05, 4.69) is 0 Å². The summed E-state index contributed by atoms with van der Waals surface area (Å²) in [5.74, 6) is 0.423. The third-order valence-corrected chi connectivity index (χ3v) is 7.51. The Labute approximate surface area is 218 Å². The van der Waals surface area contributed by atoms with Gasteiger partial charge in [0, 0.05) is 20.1 Å². The summed E-state index contributed by atoms with van der Waals surface area (Å²) in [6, 6.07) is 15.3. The fourth-order valence-corrected chi connectivity index (χ4v) is 5.20. The van der Waals surface area contributed by atoms with Crippen LogP contribution in [0, 0.1) is 0 Å². The maximum absolute atomic E-state index is 13.6. The van der Waals surface area contributed by atoms with Crippen molar-refractivity contribution in [1.29, 1.82) is 0 Å². The van der Waals surface area contributed by atoms with Gasteiger partial charge in [-0.15, -0.1) is 0 Å². The lowest BCUT2D eigenvalue weighted by Gasteiger charge is -2.46. The molecule has 0 saturated heterocycles. The number of halogens is 3. The van der Waals surface area contributed by atoms with Crippen molar-refractivity contribution >= 4 is 6.09 Å². The van der Waals surface area contributed by atoms with Crippen LogP contribution < -0.4 is 4.74 Å². The molecule has 0 atom stereocenters. The van der Waals surface area contributed by atoms with Crippen molar-refractivity contribution in [3.63, 3.8) is 0 Å². The Morgan fingerprint density at radius 1 is 1.00 bits per heavy atom. The molecule has 1 amide bonds. The van der Waals surface area contributed by atoms with Gasteiger partial charge >= 0.3 is 12.3 Å². The van der Waals surface area contributed by atoms with Gasteiger partial charge in [0.15, 0.2) is 5.60 Å². The lowest BCUT2D eigenvalue weighted by molar-refractivity contribution is -0.273. The number of carbonyl (C=O) groups is 1. The van der Waals surface area contributed by atoms with Gasteiger partial charge in [0.05, 0.1) is 0 Å². The number of carbonyl (C=O) groups excluding carboxylic acids is 1. The fraction of sp³-hybridized carbons (Fsp3) is 0.552. The Hall–Kier alpha value is -2.58. The Morgan fingerprint density at radius 3 is 2.22 bits per heavy atom. The highest BCUT2D eigenvalue weighted by molar-refractivity contribution is 5.70. The SMILES string of the molecule is CCCc1cc(OC(=O)N(C)CCN(C)C)ccc1C1(Cc2ccccc2)CCC(O)(C(F)(F)F)CC1.